The predicted molar refractivity (Wildman–Crippen MR) is 66.1 cm³/mol. The molecule has 0 nitrogen and oxygen atoms in total. The second kappa shape index (κ2) is 3.23. The molecule has 14 heavy (non-hydrogen) atoms. The predicted octanol–water partition coefficient (Wildman–Crippen LogP) is 3.81. The van der Waals surface area contributed by atoms with Gasteiger partial charge >= 0.3 is 96.7 Å². The van der Waals surface area contributed by atoms with Crippen molar-refractivity contribution in [1.29, 1.82) is 0 Å². The van der Waals surface area contributed by atoms with E-state index in [1.807, 2.05) is 0 Å². The summed E-state index contributed by atoms with van der Waals surface area (Å²) in [5, 5.41) is 4.14. The molecule has 0 radical (unpaired) electrons. The Morgan fingerprint density at radius 3 is 2.71 bits per heavy atom. The molecular formula is C12H7BrSe. The molecule has 68 valence electrons. The molecule has 2 heteroatoms. The van der Waals surface area contributed by atoms with Crippen LogP contribution in [0, 0.1) is 0 Å². The fourth-order valence-electron chi connectivity index (χ4n) is 1.73. The molecule has 3 rings (SSSR count). The van der Waals surface area contributed by atoms with E-state index in [2.05, 4.69) is 57.3 Å². The van der Waals surface area contributed by atoms with Crippen molar-refractivity contribution in [3.63, 3.8) is 0 Å². The van der Waals surface area contributed by atoms with Gasteiger partial charge in [-0.15, -0.1) is 0 Å². The van der Waals surface area contributed by atoms with E-state index in [1.54, 1.807) is 0 Å². The SMILES string of the molecule is Brc1c[se]c2c1ccc1ccccc12. The van der Waals surface area contributed by atoms with Gasteiger partial charge in [0.1, 0.15) is 0 Å². The van der Waals surface area contributed by atoms with Crippen molar-refractivity contribution in [2.45, 2.75) is 0 Å². The van der Waals surface area contributed by atoms with Gasteiger partial charge in [-0.05, 0) is 0 Å². The van der Waals surface area contributed by atoms with Crippen molar-refractivity contribution in [2.24, 2.45) is 0 Å². The van der Waals surface area contributed by atoms with Crippen LogP contribution in [-0.4, -0.2) is 14.5 Å². The fourth-order valence-corrected chi connectivity index (χ4v) is 4.87. The Labute approximate surface area is 96.4 Å². The van der Waals surface area contributed by atoms with Crippen LogP contribution in [0.25, 0.3) is 20.4 Å². The van der Waals surface area contributed by atoms with Crippen molar-refractivity contribution in [3.8, 4) is 0 Å². The van der Waals surface area contributed by atoms with E-state index in [-0.39, 0.29) is 0 Å². The molecule has 0 saturated heterocycles. The molecule has 0 fully saturated rings. The van der Waals surface area contributed by atoms with E-state index < -0.39 is 0 Å². The summed E-state index contributed by atoms with van der Waals surface area (Å²) in [5.74, 6) is 0. The fraction of sp³-hybridized carbons (Fsp3) is 0. The molecular weight excluding hydrogens is 303 g/mol. The number of rotatable bonds is 0. The van der Waals surface area contributed by atoms with Gasteiger partial charge in [-0.1, -0.05) is 0 Å². The molecule has 1 heterocycles. The van der Waals surface area contributed by atoms with Gasteiger partial charge in [-0.2, -0.15) is 0 Å². The summed E-state index contributed by atoms with van der Waals surface area (Å²) in [5.41, 5.74) is 0. The third-order valence-corrected chi connectivity index (χ3v) is 5.91. The van der Waals surface area contributed by atoms with Crippen LogP contribution in [0.4, 0.5) is 0 Å². The van der Waals surface area contributed by atoms with Crippen molar-refractivity contribution in [1.82, 2.24) is 0 Å². The second-order valence-electron chi connectivity index (χ2n) is 3.25. The summed E-state index contributed by atoms with van der Waals surface area (Å²) in [7, 11) is 0. The van der Waals surface area contributed by atoms with Crippen molar-refractivity contribution >= 4 is 50.9 Å². The van der Waals surface area contributed by atoms with Crippen molar-refractivity contribution < 1.29 is 0 Å². The summed E-state index contributed by atoms with van der Waals surface area (Å²) in [6.45, 7) is 0. The van der Waals surface area contributed by atoms with E-state index in [0.717, 1.165) is 0 Å². The molecule has 3 aromatic rings. The van der Waals surface area contributed by atoms with E-state index in [1.165, 1.54) is 24.9 Å². The molecule has 0 unspecified atom stereocenters. The van der Waals surface area contributed by atoms with E-state index >= 15 is 0 Å². The molecule has 2 aromatic carbocycles. The first-order valence-corrected chi connectivity index (χ1v) is 7.04. The van der Waals surface area contributed by atoms with Gasteiger partial charge in [0.25, 0.3) is 0 Å². The molecule has 1 aromatic heterocycles. The van der Waals surface area contributed by atoms with Crippen LogP contribution in [0.15, 0.2) is 45.8 Å². The molecule has 0 atom stereocenters. The maximum absolute atomic E-state index is 3.60. The van der Waals surface area contributed by atoms with Gasteiger partial charge in [-0.25, -0.2) is 0 Å². The van der Waals surface area contributed by atoms with Crippen molar-refractivity contribution in [3.05, 3.63) is 45.8 Å². The summed E-state index contributed by atoms with van der Waals surface area (Å²) >= 11 is 4.09. The van der Waals surface area contributed by atoms with Crippen LogP contribution >= 0.6 is 15.9 Å². The molecule has 0 spiro atoms. The van der Waals surface area contributed by atoms with Crippen LogP contribution in [0.3, 0.4) is 0 Å². The summed E-state index contributed by atoms with van der Waals surface area (Å²) < 4.78 is 2.78. The minimum atomic E-state index is 0.495. The van der Waals surface area contributed by atoms with Gasteiger partial charge in [0.05, 0.1) is 0 Å². The normalized spacial score (nSPS) is 11.2. The first-order valence-electron chi connectivity index (χ1n) is 4.41. The molecule has 0 aliphatic rings. The van der Waals surface area contributed by atoms with Crippen LogP contribution in [-0.2, 0) is 0 Å². The Morgan fingerprint density at radius 2 is 1.79 bits per heavy atom. The Balaban J connectivity index is 2.61. The summed E-state index contributed by atoms with van der Waals surface area (Å²) in [4.78, 5) is 2.30. The van der Waals surface area contributed by atoms with E-state index in [9.17, 15) is 0 Å². The zero-order valence-corrected chi connectivity index (χ0v) is 10.6. The number of benzene rings is 2. The average molecular weight is 310 g/mol. The summed E-state index contributed by atoms with van der Waals surface area (Å²) in [6, 6.07) is 13.0. The van der Waals surface area contributed by atoms with Gasteiger partial charge in [-0.3, -0.25) is 0 Å². The Kier molecular flexibility index (Phi) is 2.01. The average Bonchev–Trinajstić information content (AvgIpc) is 2.61. The van der Waals surface area contributed by atoms with Gasteiger partial charge in [0, 0.05) is 0 Å². The zero-order chi connectivity index (χ0) is 9.54. The molecule has 0 saturated carbocycles. The molecule has 0 bridgehead atoms. The Morgan fingerprint density at radius 1 is 0.929 bits per heavy atom. The maximum atomic E-state index is 3.60. The van der Waals surface area contributed by atoms with E-state index in [0.29, 0.717) is 14.5 Å². The molecule has 0 N–H and O–H groups in total. The third-order valence-electron chi connectivity index (χ3n) is 2.42. The van der Waals surface area contributed by atoms with Crippen LogP contribution in [0.1, 0.15) is 0 Å². The van der Waals surface area contributed by atoms with E-state index in [4.69, 9.17) is 0 Å². The quantitative estimate of drug-likeness (QED) is 0.554. The first-order chi connectivity index (χ1) is 6.86. The third kappa shape index (κ3) is 1.18. The number of hydrogen-bond acceptors (Lipinski definition) is 0. The number of hydrogen-bond donors (Lipinski definition) is 0. The second-order valence-corrected chi connectivity index (χ2v) is 5.95. The van der Waals surface area contributed by atoms with Crippen LogP contribution in [0.5, 0.6) is 0 Å². The number of halogens is 1. The minimum absolute atomic E-state index is 0.495. The van der Waals surface area contributed by atoms with Gasteiger partial charge in [0.15, 0.2) is 0 Å². The monoisotopic (exact) mass is 310 g/mol. The Bertz CT molecular complexity index is 610. The number of fused-ring (bicyclic) bond motifs is 3. The molecule has 0 amide bonds. The van der Waals surface area contributed by atoms with Gasteiger partial charge < -0.3 is 0 Å². The molecule has 0 aliphatic carbocycles. The van der Waals surface area contributed by atoms with Gasteiger partial charge in [0.2, 0.25) is 0 Å². The Hall–Kier alpha value is -0.561. The van der Waals surface area contributed by atoms with Crippen LogP contribution in [0.2, 0.25) is 0 Å². The standard InChI is InChI=1S/C12H7BrSe/c13-11-7-14-12-9-4-2-1-3-8(9)5-6-10(11)12/h1-7H. The summed E-state index contributed by atoms with van der Waals surface area (Å²) in [6.07, 6.45) is 0. The van der Waals surface area contributed by atoms with Crippen molar-refractivity contribution in [2.75, 3.05) is 0 Å². The zero-order valence-electron chi connectivity index (χ0n) is 7.33. The van der Waals surface area contributed by atoms with Crippen LogP contribution < -0.4 is 0 Å². The molecule has 0 aliphatic heterocycles. The first kappa shape index (κ1) is 8.72. The topological polar surface area (TPSA) is 0 Å².